The molecule has 2 heterocycles. The summed E-state index contributed by atoms with van der Waals surface area (Å²) in [5.74, 6) is 0.202. The Bertz CT molecular complexity index is 869. The van der Waals surface area contributed by atoms with Crippen molar-refractivity contribution in [1.82, 2.24) is 9.80 Å². The molecule has 1 saturated heterocycles. The van der Waals surface area contributed by atoms with Crippen molar-refractivity contribution in [3.8, 4) is 0 Å². The zero-order valence-electron chi connectivity index (χ0n) is 17.9. The van der Waals surface area contributed by atoms with Gasteiger partial charge in [-0.15, -0.1) is 0 Å². The van der Waals surface area contributed by atoms with E-state index in [2.05, 4.69) is 60.4 Å². The number of aryl methyl sites for hydroxylation is 1. The predicted molar refractivity (Wildman–Crippen MR) is 116 cm³/mol. The number of carbonyl (C=O) groups is 1. The third-order valence-corrected chi connectivity index (χ3v) is 6.67. The maximum atomic E-state index is 12.9. The van der Waals surface area contributed by atoms with Gasteiger partial charge in [-0.25, -0.2) is 0 Å². The van der Waals surface area contributed by atoms with Crippen molar-refractivity contribution in [3.05, 3.63) is 70.8 Å². The minimum Gasteiger partial charge on any atom is -0.365 e. The largest absolute Gasteiger partial charge is 0.365 e. The van der Waals surface area contributed by atoms with E-state index in [1.807, 2.05) is 14.1 Å². The number of benzene rings is 2. The lowest BCUT2D eigenvalue weighted by Gasteiger charge is -2.40. The molecule has 154 valence electrons. The van der Waals surface area contributed by atoms with E-state index >= 15 is 0 Å². The Morgan fingerprint density at radius 1 is 1.10 bits per heavy atom. The van der Waals surface area contributed by atoms with Gasteiger partial charge in [0.1, 0.15) is 0 Å². The molecule has 0 bridgehead atoms. The lowest BCUT2D eigenvalue weighted by atomic mass is 9.83. The van der Waals surface area contributed by atoms with Gasteiger partial charge in [-0.1, -0.05) is 48.5 Å². The van der Waals surface area contributed by atoms with Crippen LogP contribution in [0, 0.1) is 12.8 Å². The van der Waals surface area contributed by atoms with Crippen LogP contribution < -0.4 is 0 Å². The summed E-state index contributed by atoms with van der Waals surface area (Å²) < 4.78 is 6.30. The van der Waals surface area contributed by atoms with Gasteiger partial charge < -0.3 is 14.5 Å². The molecule has 1 unspecified atom stereocenters. The summed E-state index contributed by atoms with van der Waals surface area (Å²) in [6, 6.07) is 17.0. The molecule has 4 heteroatoms. The van der Waals surface area contributed by atoms with Crippen LogP contribution in [0.15, 0.2) is 48.5 Å². The van der Waals surface area contributed by atoms with E-state index in [1.54, 1.807) is 4.90 Å². The second-order valence-electron chi connectivity index (χ2n) is 8.80. The predicted octanol–water partition coefficient (Wildman–Crippen LogP) is 3.76. The van der Waals surface area contributed by atoms with Crippen molar-refractivity contribution in [3.63, 3.8) is 0 Å². The van der Waals surface area contributed by atoms with Crippen LogP contribution in [0.5, 0.6) is 0 Å². The molecule has 2 aromatic carbocycles. The normalized spacial score (nSPS) is 19.1. The Balaban J connectivity index is 1.44. The second-order valence-corrected chi connectivity index (χ2v) is 8.80. The molecule has 0 saturated carbocycles. The highest BCUT2D eigenvalue weighted by Gasteiger charge is 2.42. The fourth-order valence-electron chi connectivity index (χ4n) is 4.91. The van der Waals surface area contributed by atoms with Crippen LogP contribution in [0.3, 0.4) is 0 Å². The zero-order valence-corrected chi connectivity index (χ0v) is 17.9. The van der Waals surface area contributed by atoms with Gasteiger partial charge in [0.05, 0.1) is 18.1 Å². The van der Waals surface area contributed by atoms with E-state index in [9.17, 15) is 4.79 Å². The quantitative estimate of drug-likeness (QED) is 0.777. The smallest absolute Gasteiger partial charge is 0.226 e. The van der Waals surface area contributed by atoms with Gasteiger partial charge in [-0.2, -0.15) is 0 Å². The molecule has 2 aliphatic rings. The molecule has 0 N–H and O–H groups in total. The Morgan fingerprint density at radius 3 is 2.52 bits per heavy atom. The summed E-state index contributed by atoms with van der Waals surface area (Å²) in [6.45, 7) is 5.61. The van der Waals surface area contributed by atoms with Crippen molar-refractivity contribution in [2.75, 3.05) is 33.7 Å². The van der Waals surface area contributed by atoms with Crippen molar-refractivity contribution in [1.29, 1.82) is 0 Å². The van der Waals surface area contributed by atoms with E-state index in [0.29, 0.717) is 0 Å². The Kier molecular flexibility index (Phi) is 5.75. The Morgan fingerprint density at radius 2 is 1.79 bits per heavy atom. The molecule has 1 atom stereocenters. The monoisotopic (exact) mass is 392 g/mol. The summed E-state index contributed by atoms with van der Waals surface area (Å²) in [4.78, 5) is 17.1. The Labute approximate surface area is 174 Å². The first-order valence-electron chi connectivity index (χ1n) is 10.7. The van der Waals surface area contributed by atoms with Gasteiger partial charge in [-0.05, 0) is 48.4 Å². The molecule has 4 rings (SSSR count). The van der Waals surface area contributed by atoms with Crippen molar-refractivity contribution < 1.29 is 9.53 Å². The number of fused-ring (bicyclic) bond motifs is 2. The highest BCUT2D eigenvalue weighted by atomic mass is 16.5. The lowest BCUT2D eigenvalue weighted by molar-refractivity contribution is -0.134. The number of likely N-dealkylation sites (tertiary alicyclic amines) is 1. The molecular formula is C25H32N2O2. The van der Waals surface area contributed by atoms with E-state index in [4.69, 9.17) is 4.74 Å². The van der Waals surface area contributed by atoms with Gasteiger partial charge in [0.25, 0.3) is 0 Å². The molecule has 4 nitrogen and oxygen atoms in total. The number of ether oxygens (including phenoxy) is 1. The minimum atomic E-state index is -0.121. The summed E-state index contributed by atoms with van der Waals surface area (Å²) in [6.07, 6.45) is 2.79. The zero-order chi connectivity index (χ0) is 20.4. The van der Waals surface area contributed by atoms with E-state index in [1.165, 1.54) is 22.3 Å². The summed E-state index contributed by atoms with van der Waals surface area (Å²) in [5, 5.41) is 0. The summed E-state index contributed by atoms with van der Waals surface area (Å²) in [7, 11) is 3.73. The topological polar surface area (TPSA) is 32.8 Å². The molecule has 1 spiro atoms. The fraction of sp³-hybridized carbons (Fsp3) is 0.480. The third kappa shape index (κ3) is 4.10. The summed E-state index contributed by atoms with van der Waals surface area (Å²) in [5.41, 5.74) is 5.12. The van der Waals surface area contributed by atoms with Crippen LogP contribution in [0.4, 0.5) is 0 Å². The van der Waals surface area contributed by atoms with Crippen molar-refractivity contribution in [2.24, 2.45) is 5.92 Å². The van der Waals surface area contributed by atoms with Crippen LogP contribution in [0.1, 0.15) is 35.1 Å². The van der Waals surface area contributed by atoms with Gasteiger partial charge in [0.2, 0.25) is 5.91 Å². The average Bonchev–Trinajstić information content (AvgIpc) is 3.08. The molecule has 1 amide bonds. The number of piperidine rings is 1. The van der Waals surface area contributed by atoms with Gasteiger partial charge in [0, 0.05) is 33.7 Å². The third-order valence-electron chi connectivity index (χ3n) is 6.67. The van der Waals surface area contributed by atoms with Crippen molar-refractivity contribution in [2.45, 2.75) is 38.4 Å². The van der Waals surface area contributed by atoms with Gasteiger partial charge in [-0.3, -0.25) is 4.79 Å². The molecule has 0 aromatic heterocycles. The number of hydrogen-bond donors (Lipinski definition) is 0. The molecule has 0 aliphatic carbocycles. The van der Waals surface area contributed by atoms with Crippen LogP contribution in [-0.4, -0.2) is 49.4 Å². The molecule has 29 heavy (non-hydrogen) atoms. The SMILES string of the molecule is Cc1ccccc1CC(CN1CCC2(CC1)OCc1ccccc12)C(=O)N(C)C. The van der Waals surface area contributed by atoms with Gasteiger partial charge >= 0.3 is 0 Å². The molecule has 2 aliphatic heterocycles. The maximum Gasteiger partial charge on any atom is 0.226 e. The highest BCUT2D eigenvalue weighted by molar-refractivity contribution is 5.79. The van der Waals surface area contributed by atoms with Crippen LogP contribution in [0.2, 0.25) is 0 Å². The molecule has 1 fully saturated rings. The van der Waals surface area contributed by atoms with Crippen LogP contribution >= 0.6 is 0 Å². The first-order valence-corrected chi connectivity index (χ1v) is 10.7. The maximum absolute atomic E-state index is 12.9. The fourth-order valence-corrected chi connectivity index (χ4v) is 4.91. The highest BCUT2D eigenvalue weighted by Crippen LogP contribution is 2.44. The van der Waals surface area contributed by atoms with Crippen LogP contribution in [-0.2, 0) is 28.2 Å². The van der Waals surface area contributed by atoms with Crippen molar-refractivity contribution >= 4 is 5.91 Å². The number of carbonyl (C=O) groups excluding carboxylic acids is 1. The van der Waals surface area contributed by atoms with E-state index < -0.39 is 0 Å². The number of nitrogens with zero attached hydrogens (tertiary/aromatic N) is 2. The second kappa shape index (κ2) is 8.29. The number of hydrogen-bond acceptors (Lipinski definition) is 3. The van der Waals surface area contributed by atoms with E-state index in [-0.39, 0.29) is 17.4 Å². The average molecular weight is 393 g/mol. The van der Waals surface area contributed by atoms with E-state index in [0.717, 1.165) is 45.5 Å². The number of rotatable bonds is 5. The Hall–Kier alpha value is -2.17. The molecular weight excluding hydrogens is 360 g/mol. The summed E-state index contributed by atoms with van der Waals surface area (Å²) >= 11 is 0. The minimum absolute atomic E-state index is 0.0167. The number of amides is 1. The first-order chi connectivity index (χ1) is 14.0. The van der Waals surface area contributed by atoms with Gasteiger partial charge in [0.15, 0.2) is 0 Å². The van der Waals surface area contributed by atoms with Crippen LogP contribution in [0.25, 0.3) is 0 Å². The molecule has 2 aromatic rings. The lowest BCUT2D eigenvalue weighted by Crippen LogP contribution is -2.46. The first kappa shape index (κ1) is 20.1. The molecule has 0 radical (unpaired) electrons. The standard InChI is InChI=1S/C25H32N2O2/c1-19-8-4-5-9-20(19)16-22(24(28)26(2)3)17-27-14-12-25(13-15-27)23-11-7-6-10-21(23)18-29-25/h4-11,22H,12-18H2,1-3H3.